The Morgan fingerprint density at radius 2 is 1.69 bits per heavy atom. The van der Waals surface area contributed by atoms with Gasteiger partial charge in [0.2, 0.25) is 5.91 Å². The number of hydrogen-bond donors (Lipinski definition) is 3. The Morgan fingerprint density at radius 1 is 0.974 bits per heavy atom. The highest BCUT2D eigenvalue weighted by Crippen LogP contribution is 2.32. The second-order valence-corrected chi connectivity index (χ2v) is 12.0. The Labute approximate surface area is 230 Å². The Hall–Kier alpha value is -3.09. The number of carbonyl (C=O) groups excluding carboxylic acids is 1. The van der Waals surface area contributed by atoms with Crippen molar-refractivity contribution in [3.8, 4) is 0 Å². The molecule has 208 valence electrons. The van der Waals surface area contributed by atoms with Crippen molar-refractivity contribution in [2.45, 2.75) is 77.5 Å². The van der Waals surface area contributed by atoms with Gasteiger partial charge in [0.25, 0.3) is 0 Å². The lowest BCUT2D eigenvalue weighted by Gasteiger charge is -2.31. The topological polar surface area (TPSA) is 61.4 Å². The molecule has 1 aliphatic rings. The van der Waals surface area contributed by atoms with Crippen LogP contribution in [0.15, 0.2) is 66.7 Å². The lowest BCUT2D eigenvalue weighted by atomic mass is 9.82. The summed E-state index contributed by atoms with van der Waals surface area (Å²) in [5.41, 5.74) is 5.31. The summed E-state index contributed by atoms with van der Waals surface area (Å²) in [4.78, 5) is 12.9. The van der Waals surface area contributed by atoms with Crippen LogP contribution in [-0.4, -0.2) is 29.7 Å². The van der Waals surface area contributed by atoms with E-state index >= 15 is 0 Å². The van der Waals surface area contributed by atoms with Crippen LogP contribution in [0.3, 0.4) is 0 Å². The number of halogens is 2. The monoisotopic (exact) mass is 534 g/mol. The molecular formula is C33H40F2N2O2. The van der Waals surface area contributed by atoms with Crippen LogP contribution in [-0.2, 0) is 30.5 Å². The molecule has 0 aliphatic heterocycles. The first-order valence-corrected chi connectivity index (χ1v) is 13.9. The zero-order valence-corrected chi connectivity index (χ0v) is 23.1. The van der Waals surface area contributed by atoms with E-state index in [1.807, 2.05) is 30.3 Å². The zero-order valence-electron chi connectivity index (χ0n) is 23.1. The molecule has 0 fully saturated rings. The molecule has 6 heteroatoms. The van der Waals surface area contributed by atoms with E-state index in [0.29, 0.717) is 5.56 Å². The maximum Gasteiger partial charge on any atom is 0.224 e. The number of amides is 1. The molecule has 0 radical (unpaired) electrons. The molecule has 4 nitrogen and oxygen atoms in total. The molecule has 3 aromatic rings. The summed E-state index contributed by atoms with van der Waals surface area (Å²) in [5, 5.41) is 17.7. The van der Waals surface area contributed by atoms with Crippen LogP contribution in [0.1, 0.15) is 67.5 Å². The van der Waals surface area contributed by atoms with Crippen molar-refractivity contribution in [3.63, 3.8) is 0 Å². The minimum Gasteiger partial charge on any atom is -0.390 e. The number of aliphatic hydroxyl groups is 1. The third-order valence-corrected chi connectivity index (χ3v) is 7.23. The average Bonchev–Trinajstić information content (AvgIpc) is 2.86. The van der Waals surface area contributed by atoms with E-state index in [0.717, 1.165) is 37.3 Å². The molecule has 0 saturated heterocycles. The number of rotatable bonds is 10. The molecule has 4 rings (SSSR count). The highest BCUT2D eigenvalue weighted by Gasteiger charge is 2.26. The van der Waals surface area contributed by atoms with Crippen LogP contribution in [0.5, 0.6) is 0 Å². The smallest absolute Gasteiger partial charge is 0.224 e. The minimum absolute atomic E-state index is 0.0932. The molecular weight excluding hydrogens is 494 g/mol. The SMILES string of the molecule is CC(C)(C)Cc1ccc2c(c1)[C@@H](NC[C@@H](O)[C@H](Cc1cc(F)cc(F)c1)NC(=O)Cc1ccccc1)CCC2. The van der Waals surface area contributed by atoms with Gasteiger partial charge in [-0.1, -0.05) is 69.3 Å². The fourth-order valence-electron chi connectivity index (χ4n) is 5.49. The summed E-state index contributed by atoms with van der Waals surface area (Å²) in [7, 11) is 0. The Kier molecular flexibility index (Phi) is 9.52. The summed E-state index contributed by atoms with van der Waals surface area (Å²) in [6.07, 6.45) is 3.33. The van der Waals surface area contributed by atoms with E-state index < -0.39 is 23.8 Å². The second kappa shape index (κ2) is 12.8. The lowest BCUT2D eigenvalue weighted by Crippen LogP contribution is -2.49. The summed E-state index contributed by atoms with van der Waals surface area (Å²) >= 11 is 0. The molecule has 3 atom stereocenters. The Morgan fingerprint density at radius 3 is 2.38 bits per heavy atom. The van der Waals surface area contributed by atoms with Crippen molar-refractivity contribution < 1.29 is 18.7 Å². The van der Waals surface area contributed by atoms with Gasteiger partial charge in [-0.25, -0.2) is 8.78 Å². The molecule has 0 heterocycles. The van der Waals surface area contributed by atoms with Crippen LogP contribution in [0.4, 0.5) is 8.78 Å². The number of benzene rings is 3. The van der Waals surface area contributed by atoms with E-state index in [2.05, 4.69) is 49.6 Å². The maximum absolute atomic E-state index is 13.9. The number of fused-ring (bicyclic) bond motifs is 1. The molecule has 39 heavy (non-hydrogen) atoms. The summed E-state index contributed by atoms with van der Waals surface area (Å²) in [5.74, 6) is -1.62. The van der Waals surface area contributed by atoms with Gasteiger partial charge in [0.05, 0.1) is 18.6 Å². The van der Waals surface area contributed by atoms with E-state index in [1.165, 1.54) is 28.8 Å². The minimum atomic E-state index is -0.959. The molecule has 3 aromatic carbocycles. The molecule has 0 bridgehead atoms. The Balaban J connectivity index is 1.47. The van der Waals surface area contributed by atoms with Crippen molar-refractivity contribution in [1.82, 2.24) is 10.6 Å². The van der Waals surface area contributed by atoms with Crippen LogP contribution in [0.25, 0.3) is 0 Å². The quantitative estimate of drug-likeness (QED) is 0.306. The predicted octanol–water partition coefficient (Wildman–Crippen LogP) is 5.85. The zero-order chi connectivity index (χ0) is 28.0. The fraction of sp³-hybridized carbons (Fsp3) is 0.424. The number of nitrogens with one attached hydrogen (secondary N) is 2. The van der Waals surface area contributed by atoms with Gasteiger partial charge in [0.15, 0.2) is 0 Å². The van der Waals surface area contributed by atoms with Gasteiger partial charge in [-0.05, 0) is 77.5 Å². The van der Waals surface area contributed by atoms with Crippen LogP contribution < -0.4 is 10.6 Å². The maximum atomic E-state index is 13.9. The highest BCUT2D eigenvalue weighted by atomic mass is 19.1. The van der Waals surface area contributed by atoms with E-state index in [9.17, 15) is 18.7 Å². The highest BCUT2D eigenvalue weighted by molar-refractivity contribution is 5.79. The molecule has 1 aliphatic carbocycles. The second-order valence-electron chi connectivity index (χ2n) is 12.0. The van der Waals surface area contributed by atoms with Gasteiger partial charge in [0, 0.05) is 18.7 Å². The van der Waals surface area contributed by atoms with Gasteiger partial charge in [0.1, 0.15) is 11.6 Å². The lowest BCUT2D eigenvalue weighted by molar-refractivity contribution is -0.122. The van der Waals surface area contributed by atoms with E-state index in [-0.39, 0.29) is 36.8 Å². The van der Waals surface area contributed by atoms with Gasteiger partial charge in [-0.3, -0.25) is 4.79 Å². The third-order valence-electron chi connectivity index (χ3n) is 7.23. The average molecular weight is 535 g/mol. The van der Waals surface area contributed by atoms with Crippen molar-refractivity contribution in [1.29, 1.82) is 0 Å². The van der Waals surface area contributed by atoms with Crippen molar-refractivity contribution in [2.75, 3.05) is 6.54 Å². The van der Waals surface area contributed by atoms with Gasteiger partial charge < -0.3 is 15.7 Å². The molecule has 0 aromatic heterocycles. The summed E-state index contributed by atoms with van der Waals surface area (Å²) in [6.45, 7) is 6.93. The predicted molar refractivity (Wildman–Crippen MR) is 151 cm³/mol. The first kappa shape index (κ1) is 28.9. The molecule has 1 amide bonds. The number of hydrogen-bond acceptors (Lipinski definition) is 3. The molecule has 0 unspecified atom stereocenters. The number of aliphatic hydroxyl groups excluding tert-OH is 1. The first-order chi connectivity index (χ1) is 18.6. The summed E-state index contributed by atoms with van der Waals surface area (Å²) < 4.78 is 27.8. The normalized spacial score (nSPS) is 16.8. The largest absolute Gasteiger partial charge is 0.390 e. The van der Waals surface area contributed by atoms with E-state index in [4.69, 9.17) is 0 Å². The van der Waals surface area contributed by atoms with Crippen molar-refractivity contribution in [2.24, 2.45) is 5.41 Å². The standard InChI is InChI=1S/C33H40F2N2O2/c1-33(2,3)20-23-12-13-25-10-7-11-29(28(25)16-23)36-21-31(38)30(17-24-14-26(34)19-27(35)15-24)37-32(39)18-22-8-5-4-6-9-22/h4-6,8-9,12-16,19,29-31,36,38H,7,10-11,17-18,20-21H2,1-3H3,(H,37,39)/t29-,30-,31+/m0/s1. The molecule has 0 spiro atoms. The fourth-order valence-corrected chi connectivity index (χ4v) is 5.49. The van der Waals surface area contributed by atoms with Crippen molar-refractivity contribution >= 4 is 5.91 Å². The number of carbonyl (C=O) groups is 1. The van der Waals surface area contributed by atoms with Crippen LogP contribution in [0, 0.1) is 17.0 Å². The van der Waals surface area contributed by atoms with Gasteiger partial charge >= 0.3 is 0 Å². The number of aryl methyl sites for hydroxylation is 1. The Bertz CT molecular complexity index is 1240. The first-order valence-electron chi connectivity index (χ1n) is 13.9. The van der Waals surface area contributed by atoms with Gasteiger partial charge in [-0.2, -0.15) is 0 Å². The third kappa shape index (κ3) is 8.70. The summed E-state index contributed by atoms with van der Waals surface area (Å²) in [6, 6.07) is 18.8. The molecule has 3 N–H and O–H groups in total. The van der Waals surface area contributed by atoms with Gasteiger partial charge in [-0.15, -0.1) is 0 Å². The van der Waals surface area contributed by atoms with Crippen LogP contribution in [0.2, 0.25) is 0 Å². The van der Waals surface area contributed by atoms with E-state index in [1.54, 1.807) is 0 Å². The molecule has 0 saturated carbocycles. The van der Waals surface area contributed by atoms with Crippen LogP contribution >= 0.6 is 0 Å². The van der Waals surface area contributed by atoms with Crippen molar-refractivity contribution in [3.05, 3.63) is 106 Å².